The van der Waals surface area contributed by atoms with Crippen LogP contribution in [0.2, 0.25) is 0 Å². The van der Waals surface area contributed by atoms with Crippen molar-refractivity contribution in [1.82, 2.24) is 4.98 Å². The monoisotopic (exact) mass is 302 g/mol. The van der Waals surface area contributed by atoms with Gasteiger partial charge >= 0.3 is 5.69 Å². The Morgan fingerprint density at radius 2 is 2.19 bits per heavy atom. The van der Waals surface area contributed by atoms with E-state index in [4.69, 9.17) is 0 Å². The van der Waals surface area contributed by atoms with E-state index in [0.29, 0.717) is 14.7 Å². The van der Waals surface area contributed by atoms with Crippen molar-refractivity contribution in [1.29, 1.82) is 0 Å². The van der Waals surface area contributed by atoms with Crippen molar-refractivity contribution < 1.29 is 4.92 Å². The molecule has 1 aromatic heterocycles. The van der Waals surface area contributed by atoms with Crippen LogP contribution in [0.3, 0.4) is 0 Å². The molecule has 0 amide bonds. The van der Waals surface area contributed by atoms with E-state index >= 15 is 0 Å². The molecule has 1 aliphatic rings. The number of hydrogen-bond donors (Lipinski definition) is 0. The zero-order valence-electron chi connectivity index (χ0n) is 8.56. The maximum Gasteiger partial charge on any atom is 0.302 e. The van der Waals surface area contributed by atoms with Crippen LogP contribution in [0, 0.1) is 10.1 Å². The number of thioether (sulfide) groups is 1. The summed E-state index contributed by atoms with van der Waals surface area (Å²) in [6, 6.07) is 1.52. The van der Waals surface area contributed by atoms with Crippen molar-refractivity contribution >= 4 is 33.4 Å². The average Bonchev–Trinajstić information content (AvgIpc) is 2.73. The maximum absolute atomic E-state index is 10.9. The third kappa shape index (κ3) is 2.74. The molecule has 16 heavy (non-hydrogen) atoms. The van der Waals surface area contributed by atoms with Crippen LogP contribution in [-0.2, 0) is 0 Å². The third-order valence-corrected chi connectivity index (χ3v) is 4.35. The largest absolute Gasteiger partial charge is 0.302 e. The zero-order chi connectivity index (χ0) is 11.5. The molecule has 0 saturated heterocycles. The molecule has 0 aromatic carbocycles. The van der Waals surface area contributed by atoms with Gasteiger partial charge in [-0.2, -0.15) is 0 Å². The first-order valence-corrected chi connectivity index (χ1v) is 6.80. The van der Waals surface area contributed by atoms with E-state index in [1.165, 1.54) is 18.9 Å². The molecule has 1 aliphatic carbocycles. The number of rotatable bonds is 3. The summed E-state index contributed by atoms with van der Waals surface area (Å²) in [4.78, 5) is 14.7. The first kappa shape index (κ1) is 11.9. The molecule has 1 aromatic rings. The molecule has 1 heterocycles. The van der Waals surface area contributed by atoms with E-state index in [9.17, 15) is 10.1 Å². The maximum atomic E-state index is 10.9. The van der Waals surface area contributed by atoms with Gasteiger partial charge in [0.2, 0.25) is 0 Å². The van der Waals surface area contributed by atoms with Crippen molar-refractivity contribution in [3.8, 4) is 0 Å². The van der Waals surface area contributed by atoms with Gasteiger partial charge in [-0.1, -0.05) is 24.6 Å². The molecule has 1 fully saturated rings. The highest BCUT2D eigenvalue weighted by Crippen LogP contribution is 2.38. The predicted octanol–water partition coefficient (Wildman–Crippen LogP) is 3.79. The molecule has 1 saturated carbocycles. The second-order valence-corrected chi connectivity index (χ2v) is 5.96. The minimum Gasteiger partial charge on any atom is -0.258 e. The summed E-state index contributed by atoms with van der Waals surface area (Å²) in [5, 5.41) is 11.9. The first-order chi connectivity index (χ1) is 7.66. The summed E-state index contributed by atoms with van der Waals surface area (Å²) in [6.07, 6.45) is 6.34. The highest BCUT2D eigenvalue weighted by molar-refractivity contribution is 9.10. The summed E-state index contributed by atoms with van der Waals surface area (Å²) < 4.78 is 0.648. The van der Waals surface area contributed by atoms with Crippen LogP contribution in [0.1, 0.15) is 25.7 Å². The molecule has 0 aliphatic heterocycles. The lowest BCUT2D eigenvalue weighted by molar-refractivity contribution is -0.388. The molecule has 0 N–H and O–H groups in total. The van der Waals surface area contributed by atoms with Crippen molar-refractivity contribution in [2.45, 2.75) is 36.0 Å². The Balaban J connectivity index is 2.21. The van der Waals surface area contributed by atoms with Crippen molar-refractivity contribution in [3.63, 3.8) is 0 Å². The minimum atomic E-state index is -0.366. The van der Waals surface area contributed by atoms with Gasteiger partial charge in [-0.15, -0.1) is 0 Å². The Morgan fingerprint density at radius 3 is 2.81 bits per heavy atom. The van der Waals surface area contributed by atoms with Gasteiger partial charge in [-0.25, -0.2) is 4.98 Å². The predicted molar refractivity (Wildman–Crippen MR) is 66.7 cm³/mol. The highest BCUT2D eigenvalue weighted by atomic mass is 79.9. The topological polar surface area (TPSA) is 56.0 Å². The van der Waals surface area contributed by atoms with Gasteiger partial charge in [0, 0.05) is 22.0 Å². The van der Waals surface area contributed by atoms with E-state index in [2.05, 4.69) is 20.9 Å². The molecule has 86 valence electrons. The summed E-state index contributed by atoms with van der Waals surface area (Å²) >= 11 is 4.74. The van der Waals surface area contributed by atoms with Crippen LogP contribution in [0.15, 0.2) is 21.8 Å². The highest BCUT2D eigenvalue weighted by Gasteiger charge is 2.23. The lowest BCUT2D eigenvalue weighted by Crippen LogP contribution is -1.99. The molecule has 0 unspecified atom stereocenters. The number of pyridine rings is 1. The Kier molecular flexibility index (Phi) is 3.81. The van der Waals surface area contributed by atoms with Crippen LogP contribution in [0.4, 0.5) is 5.69 Å². The fourth-order valence-corrected chi connectivity index (χ4v) is 3.37. The molecule has 0 spiro atoms. The third-order valence-electron chi connectivity index (χ3n) is 2.58. The summed E-state index contributed by atoms with van der Waals surface area (Å²) in [7, 11) is 0. The fraction of sp³-hybridized carbons (Fsp3) is 0.500. The number of nitrogens with zero attached hydrogens (tertiary/aromatic N) is 2. The first-order valence-electron chi connectivity index (χ1n) is 5.13. The molecular formula is C10H11BrN2O2S. The van der Waals surface area contributed by atoms with Crippen LogP contribution in [-0.4, -0.2) is 15.2 Å². The fourth-order valence-electron chi connectivity index (χ4n) is 1.80. The Hall–Kier alpha value is -0.620. The van der Waals surface area contributed by atoms with Crippen LogP contribution >= 0.6 is 27.7 Å². The van der Waals surface area contributed by atoms with Crippen molar-refractivity contribution in [3.05, 3.63) is 26.9 Å². The van der Waals surface area contributed by atoms with E-state index < -0.39 is 0 Å². The van der Waals surface area contributed by atoms with Gasteiger partial charge in [0.15, 0.2) is 5.03 Å². The summed E-state index contributed by atoms with van der Waals surface area (Å²) in [5.74, 6) is 0. The molecule has 0 atom stereocenters. The number of nitro groups is 1. The molecule has 4 nitrogen and oxygen atoms in total. The Bertz CT molecular complexity index is 408. The minimum absolute atomic E-state index is 0.103. The van der Waals surface area contributed by atoms with E-state index in [1.54, 1.807) is 18.0 Å². The average molecular weight is 303 g/mol. The lowest BCUT2D eigenvalue weighted by atomic mass is 10.4. The number of hydrogen-bond acceptors (Lipinski definition) is 4. The van der Waals surface area contributed by atoms with Crippen molar-refractivity contribution in [2.75, 3.05) is 0 Å². The Morgan fingerprint density at radius 1 is 1.50 bits per heavy atom. The summed E-state index contributed by atoms with van der Waals surface area (Å²) in [5.41, 5.74) is 0.103. The van der Waals surface area contributed by atoms with Gasteiger partial charge in [-0.3, -0.25) is 10.1 Å². The van der Waals surface area contributed by atoms with E-state index in [-0.39, 0.29) is 10.6 Å². The van der Waals surface area contributed by atoms with Gasteiger partial charge in [0.25, 0.3) is 0 Å². The molecule has 0 bridgehead atoms. The standard InChI is InChI=1S/C10H11BrN2O2S/c11-7-5-9(13(14)15)10(12-6-7)16-8-3-1-2-4-8/h5-6,8H,1-4H2. The number of aromatic nitrogens is 1. The van der Waals surface area contributed by atoms with Gasteiger partial charge in [-0.05, 0) is 28.8 Å². The van der Waals surface area contributed by atoms with Crippen LogP contribution in [0.25, 0.3) is 0 Å². The van der Waals surface area contributed by atoms with E-state index in [0.717, 1.165) is 12.8 Å². The van der Waals surface area contributed by atoms with Gasteiger partial charge in [0.1, 0.15) is 0 Å². The molecular weight excluding hydrogens is 292 g/mol. The number of halogens is 1. The van der Waals surface area contributed by atoms with Gasteiger partial charge < -0.3 is 0 Å². The quantitative estimate of drug-likeness (QED) is 0.630. The second kappa shape index (κ2) is 5.14. The second-order valence-electron chi connectivity index (χ2n) is 3.76. The van der Waals surface area contributed by atoms with Crippen LogP contribution in [0.5, 0.6) is 0 Å². The normalized spacial score (nSPS) is 16.6. The molecule has 6 heteroatoms. The Labute approximate surface area is 106 Å². The smallest absolute Gasteiger partial charge is 0.258 e. The molecule has 0 radical (unpaired) electrons. The van der Waals surface area contributed by atoms with Crippen LogP contribution < -0.4 is 0 Å². The SMILES string of the molecule is O=[N+]([O-])c1cc(Br)cnc1SC1CCCC1. The van der Waals surface area contributed by atoms with Crippen molar-refractivity contribution in [2.24, 2.45) is 0 Å². The zero-order valence-corrected chi connectivity index (χ0v) is 11.0. The lowest BCUT2D eigenvalue weighted by Gasteiger charge is -2.07. The summed E-state index contributed by atoms with van der Waals surface area (Å²) in [6.45, 7) is 0. The van der Waals surface area contributed by atoms with Gasteiger partial charge in [0.05, 0.1) is 4.92 Å². The molecule has 2 rings (SSSR count). The van der Waals surface area contributed by atoms with E-state index in [1.807, 2.05) is 0 Å².